The van der Waals surface area contributed by atoms with Crippen LogP contribution < -0.4 is 4.74 Å². The van der Waals surface area contributed by atoms with Crippen molar-refractivity contribution in [3.05, 3.63) is 65.7 Å². The summed E-state index contributed by atoms with van der Waals surface area (Å²) in [6.45, 7) is 0. The van der Waals surface area contributed by atoms with Crippen molar-refractivity contribution in [3.8, 4) is 5.75 Å². The van der Waals surface area contributed by atoms with Gasteiger partial charge in [-0.1, -0.05) is 48.5 Å². The Balaban J connectivity index is 1.94. The Bertz CT molecular complexity index is 507. The third-order valence-electron chi connectivity index (χ3n) is 3.16. The SMILES string of the molecule is O[C@@H]1CC(c2ccccc2)Oc2ccccc21. The first kappa shape index (κ1) is 10.4. The molecule has 0 radical (unpaired) electrons. The molecule has 0 aliphatic carbocycles. The zero-order valence-corrected chi connectivity index (χ0v) is 9.41. The molecule has 2 aromatic rings. The van der Waals surface area contributed by atoms with E-state index in [1.54, 1.807) is 0 Å². The average Bonchev–Trinajstić information content (AvgIpc) is 2.40. The lowest BCUT2D eigenvalue weighted by atomic mass is 9.95. The molecule has 0 aromatic heterocycles. The van der Waals surface area contributed by atoms with Gasteiger partial charge in [0.05, 0.1) is 6.10 Å². The van der Waals surface area contributed by atoms with Crippen LogP contribution in [0.3, 0.4) is 0 Å². The van der Waals surface area contributed by atoms with Gasteiger partial charge in [0.2, 0.25) is 0 Å². The molecule has 0 bridgehead atoms. The van der Waals surface area contributed by atoms with E-state index in [2.05, 4.69) is 0 Å². The molecule has 1 aliphatic rings. The minimum atomic E-state index is -0.440. The minimum absolute atomic E-state index is 0.0545. The summed E-state index contributed by atoms with van der Waals surface area (Å²) in [5.74, 6) is 0.792. The number of hydrogen-bond acceptors (Lipinski definition) is 2. The van der Waals surface area contributed by atoms with E-state index in [4.69, 9.17) is 4.74 Å². The number of fused-ring (bicyclic) bond motifs is 1. The van der Waals surface area contributed by atoms with Crippen molar-refractivity contribution in [3.63, 3.8) is 0 Å². The van der Waals surface area contributed by atoms with E-state index in [1.165, 1.54) is 0 Å². The molecule has 0 spiro atoms. The lowest BCUT2D eigenvalue weighted by Gasteiger charge is -2.29. The van der Waals surface area contributed by atoms with Gasteiger partial charge in [0, 0.05) is 12.0 Å². The molecular weight excluding hydrogens is 212 g/mol. The Morgan fingerprint density at radius 3 is 2.47 bits per heavy atom. The van der Waals surface area contributed by atoms with E-state index < -0.39 is 6.10 Å². The summed E-state index contributed by atoms with van der Waals surface area (Å²) in [6.07, 6.45) is 0.118. The lowest BCUT2D eigenvalue weighted by molar-refractivity contribution is 0.0657. The Morgan fingerprint density at radius 2 is 1.65 bits per heavy atom. The first-order valence-corrected chi connectivity index (χ1v) is 5.83. The molecule has 1 N–H and O–H groups in total. The summed E-state index contributed by atoms with van der Waals surface area (Å²) in [6, 6.07) is 17.7. The molecule has 1 unspecified atom stereocenters. The number of hydrogen-bond donors (Lipinski definition) is 1. The number of aliphatic hydroxyl groups excluding tert-OH is 1. The van der Waals surface area contributed by atoms with Crippen LogP contribution in [0.1, 0.15) is 29.8 Å². The van der Waals surface area contributed by atoms with Gasteiger partial charge in [0.25, 0.3) is 0 Å². The predicted molar refractivity (Wildman–Crippen MR) is 65.8 cm³/mol. The van der Waals surface area contributed by atoms with Crippen molar-refractivity contribution in [2.45, 2.75) is 18.6 Å². The van der Waals surface area contributed by atoms with Crippen molar-refractivity contribution >= 4 is 0 Å². The highest BCUT2D eigenvalue weighted by Gasteiger charge is 2.27. The van der Waals surface area contributed by atoms with Gasteiger partial charge in [-0.2, -0.15) is 0 Å². The fraction of sp³-hybridized carbons (Fsp3) is 0.200. The van der Waals surface area contributed by atoms with Crippen LogP contribution in [0, 0.1) is 0 Å². The monoisotopic (exact) mass is 226 g/mol. The summed E-state index contributed by atoms with van der Waals surface area (Å²) in [4.78, 5) is 0. The minimum Gasteiger partial charge on any atom is -0.485 e. The fourth-order valence-corrected chi connectivity index (χ4v) is 2.27. The van der Waals surface area contributed by atoms with Crippen LogP contribution in [-0.4, -0.2) is 5.11 Å². The largest absolute Gasteiger partial charge is 0.485 e. The van der Waals surface area contributed by atoms with Crippen molar-refractivity contribution in [1.82, 2.24) is 0 Å². The quantitative estimate of drug-likeness (QED) is 0.808. The standard InChI is InChI=1S/C15H14O2/c16-13-10-15(11-6-2-1-3-7-11)17-14-9-5-4-8-12(13)14/h1-9,13,15-16H,10H2/t13-,15?/m1/s1. The average molecular weight is 226 g/mol. The first-order chi connectivity index (χ1) is 8.34. The highest BCUT2D eigenvalue weighted by atomic mass is 16.5. The van der Waals surface area contributed by atoms with E-state index in [1.807, 2.05) is 54.6 Å². The molecule has 0 saturated heterocycles. The topological polar surface area (TPSA) is 29.5 Å². The molecule has 0 saturated carbocycles. The van der Waals surface area contributed by atoms with Gasteiger partial charge >= 0.3 is 0 Å². The van der Waals surface area contributed by atoms with Crippen LogP contribution in [0.4, 0.5) is 0 Å². The Kier molecular flexibility index (Phi) is 2.57. The van der Waals surface area contributed by atoms with Crippen LogP contribution in [0.2, 0.25) is 0 Å². The van der Waals surface area contributed by atoms with E-state index in [0.717, 1.165) is 16.9 Å². The molecule has 2 atom stereocenters. The number of benzene rings is 2. The van der Waals surface area contributed by atoms with E-state index >= 15 is 0 Å². The third-order valence-corrected chi connectivity index (χ3v) is 3.16. The Labute approximate surface area is 100 Å². The molecule has 2 aromatic carbocycles. The van der Waals surface area contributed by atoms with Gasteiger partial charge < -0.3 is 9.84 Å². The third kappa shape index (κ3) is 1.92. The van der Waals surface area contributed by atoms with Gasteiger partial charge in [-0.05, 0) is 11.6 Å². The second-order valence-corrected chi connectivity index (χ2v) is 4.31. The molecule has 0 fully saturated rings. The maximum Gasteiger partial charge on any atom is 0.127 e. The van der Waals surface area contributed by atoms with Crippen LogP contribution in [-0.2, 0) is 0 Å². The Morgan fingerprint density at radius 1 is 0.941 bits per heavy atom. The van der Waals surface area contributed by atoms with E-state index in [-0.39, 0.29) is 6.10 Å². The molecular formula is C15H14O2. The number of para-hydroxylation sites is 1. The maximum absolute atomic E-state index is 10.1. The van der Waals surface area contributed by atoms with Crippen LogP contribution in [0.25, 0.3) is 0 Å². The van der Waals surface area contributed by atoms with Crippen molar-refractivity contribution in [2.75, 3.05) is 0 Å². The Hall–Kier alpha value is -1.80. The van der Waals surface area contributed by atoms with Gasteiger partial charge in [-0.25, -0.2) is 0 Å². The summed E-state index contributed by atoms with van der Waals surface area (Å²) >= 11 is 0. The zero-order valence-electron chi connectivity index (χ0n) is 9.41. The highest BCUT2D eigenvalue weighted by molar-refractivity contribution is 5.38. The molecule has 1 heterocycles. The molecule has 2 nitrogen and oxygen atoms in total. The molecule has 3 rings (SSSR count). The summed E-state index contributed by atoms with van der Waals surface area (Å²) < 4.78 is 5.93. The van der Waals surface area contributed by atoms with Crippen molar-refractivity contribution in [1.29, 1.82) is 0 Å². The highest BCUT2D eigenvalue weighted by Crippen LogP contribution is 2.40. The summed E-state index contributed by atoms with van der Waals surface area (Å²) in [5.41, 5.74) is 2.00. The van der Waals surface area contributed by atoms with Crippen LogP contribution in [0.15, 0.2) is 54.6 Å². The zero-order chi connectivity index (χ0) is 11.7. The molecule has 1 aliphatic heterocycles. The summed E-state index contributed by atoms with van der Waals surface area (Å²) in [5, 5.41) is 10.1. The number of rotatable bonds is 1. The number of aliphatic hydroxyl groups is 1. The van der Waals surface area contributed by atoms with Gasteiger partial charge in [0.15, 0.2) is 0 Å². The van der Waals surface area contributed by atoms with Crippen LogP contribution in [0.5, 0.6) is 5.75 Å². The number of ether oxygens (including phenoxy) is 1. The van der Waals surface area contributed by atoms with Gasteiger partial charge in [0.1, 0.15) is 11.9 Å². The maximum atomic E-state index is 10.1. The van der Waals surface area contributed by atoms with Crippen molar-refractivity contribution in [2.24, 2.45) is 0 Å². The van der Waals surface area contributed by atoms with Gasteiger partial charge in [-0.3, -0.25) is 0 Å². The molecule has 17 heavy (non-hydrogen) atoms. The lowest BCUT2D eigenvalue weighted by Crippen LogP contribution is -2.18. The van der Waals surface area contributed by atoms with Gasteiger partial charge in [-0.15, -0.1) is 0 Å². The fourth-order valence-electron chi connectivity index (χ4n) is 2.27. The first-order valence-electron chi connectivity index (χ1n) is 5.83. The van der Waals surface area contributed by atoms with Crippen molar-refractivity contribution < 1.29 is 9.84 Å². The van der Waals surface area contributed by atoms with Crippen LogP contribution >= 0.6 is 0 Å². The van der Waals surface area contributed by atoms with E-state index in [9.17, 15) is 5.11 Å². The normalized spacial score (nSPS) is 22.6. The summed E-state index contributed by atoms with van der Waals surface area (Å²) in [7, 11) is 0. The second kappa shape index (κ2) is 4.22. The molecule has 2 heteroatoms. The smallest absolute Gasteiger partial charge is 0.127 e. The molecule has 0 amide bonds. The molecule has 86 valence electrons. The van der Waals surface area contributed by atoms with E-state index in [0.29, 0.717) is 6.42 Å². The predicted octanol–water partition coefficient (Wildman–Crippen LogP) is 3.24. The second-order valence-electron chi connectivity index (χ2n) is 4.31.